The minimum Gasteiger partial charge on any atom is -0.229 e. The third kappa shape index (κ3) is 3.64. The molecule has 0 aromatic carbocycles. The van der Waals surface area contributed by atoms with Gasteiger partial charge >= 0.3 is 0 Å². The molecular formula is C5H9NS. The molecule has 1 atom stereocenters. The Morgan fingerprint density at radius 1 is 1.86 bits per heavy atom. The smallest absolute Gasteiger partial charge is 0.0587 e. The van der Waals surface area contributed by atoms with Gasteiger partial charge in [-0.2, -0.15) is 0 Å². The first kappa shape index (κ1) is 6.80. The molecule has 0 saturated heterocycles. The number of nitrogens with zero attached hydrogens (tertiary/aromatic N) is 1. The molecule has 0 heterocycles. The molecule has 0 saturated carbocycles. The van der Waals surface area contributed by atoms with E-state index in [1.807, 2.05) is 6.92 Å². The Morgan fingerprint density at radius 3 is 2.57 bits per heavy atom. The predicted octanol–water partition coefficient (Wildman–Crippen LogP) is 1.89. The maximum absolute atomic E-state index is 4.38. The quantitative estimate of drug-likeness (QED) is 0.395. The van der Waals surface area contributed by atoms with E-state index in [1.54, 1.807) is 0 Å². The van der Waals surface area contributed by atoms with E-state index < -0.39 is 0 Å². The van der Waals surface area contributed by atoms with E-state index in [0.717, 1.165) is 6.42 Å². The van der Waals surface area contributed by atoms with Gasteiger partial charge in [-0.1, -0.05) is 6.92 Å². The Morgan fingerprint density at radius 2 is 2.43 bits per heavy atom. The molecule has 0 N–H and O–H groups in total. The van der Waals surface area contributed by atoms with Gasteiger partial charge in [0.25, 0.3) is 0 Å². The Balaban J connectivity index is 3.35. The number of hydrogen-bond acceptors (Lipinski definition) is 2. The van der Waals surface area contributed by atoms with Crippen molar-refractivity contribution in [2.24, 2.45) is 4.99 Å². The molecule has 0 fully saturated rings. The van der Waals surface area contributed by atoms with Crippen LogP contribution in [0.4, 0.5) is 0 Å². The Kier molecular flexibility index (Phi) is 3.86. The van der Waals surface area contributed by atoms with Crippen molar-refractivity contribution in [2.75, 3.05) is 0 Å². The second kappa shape index (κ2) is 3.97. The van der Waals surface area contributed by atoms with Crippen LogP contribution >= 0.6 is 12.2 Å². The monoisotopic (exact) mass is 115 g/mol. The van der Waals surface area contributed by atoms with Crippen molar-refractivity contribution in [2.45, 2.75) is 26.3 Å². The highest BCUT2D eigenvalue weighted by molar-refractivity contribution is 7.78. The van der Waals surface area contributed by atoms with Gasteiger partial charge in [-0.3, -0.25) is 0 Å². The molecule has 0 amide bonds. The van der Waals surface area contributed by atoms with Crippen LogP contribution in [-0.2, 0) is 0 Å². The van der Waals surface area contributed by atoms with Gasteiger partial charge < -0.3 is 0 Å². The van der Waals surface area contributed by atoms with Crippen LogP contribution in [0.15, 0.2) is 4.99 Å². The first-order valence-electron chi connectivity index (χ1n) is 2.38. The number of isothiocyanates is 1. The van der Waals surface area contributed by atoms with Crippen molar-refractivity contribution in [3.63, 3.8) is 0 Å². The average molecular weight is 115 g/mol. The molecule has 0 bridgehead atoms. The minimum atomic E-state index is 0.359. The summed E-state index contributed by atoms with van der Waals surface area (Å²) in [5, 5.41) is 2.33. The molecule has 1 nitrogen and oxygen atoms in total. The summed E-state index contributed by atoms with van der Waals surface area (Å²) in [6.45, 7) is 4.08. The zero-order valence-electron chi connectivity index (χ0n) is 4.64. The molecule has 0 aromatic rings. The van der Waals surface area contributed by atoms with Crippen molar-refractivity contribution in [1.29, 1.82) is 0 Å². The molecule has 1 unspecified atom stereocenters. The third-order valence-electron chi connectivity index (χ3n) is 0.864. The minimum absolute atomic E-state index is 0.359. The van der Waals surface area contributed by atoms with E-state index in [4.69, 9.17) is 0 Å². The van der Waals surface area contributed by atoms with Gasteiger partial charge in [-0.25, -0.2) is 4.99 Å². The van der Waals surface area contributed by atoms with E-state index in [-0.39, 0.29) is 0 Å². The lowest BCUT2D eigenvalue weighted by Crippen LogP contribution is -1.91. The topological polar surface area (TPSA) is 12.4 Å². The number of hydrogen-bond donors (Lipinski definition) is 0. The van der Waals surface area contributed by atoms with Gasteiger partial charge in [-0.05, 0) is 25.6 Å². The Bertz CT molecular complexity index is 84.1. The predicted molar refractivity (Wildman–Crippen MR) is 34.8 cm³/mol. The molecule has 0 radical (unpaired) electrons. The summed E-state index contributed by atoms with van der Waals surface area (Å²) in [7, 11) is 0. The largest absolute Gasteiger partial charge is 0.229 e. The lowest BCUT2D eigenvalue weighted by atomic mass is 10.3. The molecule has 40 valence electrons. The fraction of sp³-hybridized carbons (Fsp3) is 0.800. The zero-order valence-corrected chi connectivity index (χ0v) is 5.46. The van der Waals surface area contributed by atoms with Gasteiger partial charge in [0.1, 0.15) is 0 Å². The van der Waals surface area contributed by atoms with Crippen LogP contribution in [0, 0.1) is 0 Å². The van der Waals surface area contributed by atoms with Crippen LogP contribution in [0.25, 0.3) is 0 Å². The molecule has 0 aromatic heterocycles. The molecule has 0 rings (SSSR count). The maximum atomic E-state index is 4.38. The fourth-order valence-corrected chi connectivity index (χ4v) is 0.361. The average Bonchev–Trinajstić information content (AvgIpc) is 1.68. The van der Waals surface area contributed by atoms with E-state index in [1.165, 1.54) is 0 Å². The van der Waals surface area contributed by atoms with Crippen molar-refractivity contribution in [3.05, 3.63) is 0 Å². The first-order valence-corrected chi connectivity index (χ1v) is 2.79. The third-order valence-corrected chi connectivity index (χ3v) is 0.969. The highest BCUT2D eigenvalue weighted by Crippen LogP contribution is 1.90. The summed E-state index contributed by atoms with van der Waals surface area (Å²) in [5.41, 5.74) is 0. The summed E-state index contributed by atoms with van der Waals surface area (Å²) in [6, 6.07) is 0.359. The number of aliphatic imine (C=N–C) groups is 1. The van der Waals surface area contributed by atoms with Gasteiger partial charge in [0.05, 0.1) is 11.2 Å². The summed E-state index contributed by atoms with van der Waals surface area (Å²) < 4.78 is 0. The van der Waals surface area contributed by atoms with E-state index in [9.17, 15) is 0 Å². The first-order chi connectivity index (χ1) is 3.31. The van der Waals surface area contributed by atoms with E-state index >= 15 is 0 Å². The lowest BCUT2D eigenvalue weighted by Gasteiger charge is -1.92. The fourth-order valence-electron chi connectivity index (χ4n) is 0.181. The number of thiocarbonyl (C=S) groups is 1. The van der Waals surface area contributed by atoms with Crippen molar-refractivity contribution >= 4 is 17.4 Å². The van der Waals surface area contributed by atoms with Crippen molar-refractivity contribution < 1.29 is 0 Å². The molecular weight excluding hydrogens is 106 g/mol. The van der Waals surface area contributed by atoms with Gasteiger partial charge in [0.15, 0.2) is 0 Å². The van der Waals surface area contributed by atoms with Gasteiger partial charge in [0, 0.05) is 0 Å². The summed E-state index contributed by atoms with van der Waals surface area (Å²) in [6.07, 6.45) is 1.05. The molecule has 7 heavy (non-hydrogen) atoms. The van der Waals surface area contributed by atoms with Gasteiger partial charge in [-0.15, -0.1) is 0 Å². The molecule has 2 heteroatoms. The molecule has 0 spiro atoms. The Hall–Kier alpha value is -0.200. The second-order valence-corrected chi connectivity index (χ2v) is 1.66. The van der Waals surface area contributed by atoms with Crippen LogP contribution in [0.1, 0.15) is 20.3 Å². The number of rotatable bonds is 2. The highest BCUT2D eigenvalue weighted by atomic mass is 32.1. The molecule has 0 aliphatic heterocycles. The van der Waals surface area contributed by atoms with E-state index in [0.29, 0.717) is 6.04 Å². The molecule has 0 aliphatic carbocycles. The van der Waals surface area contributed by atoms with Crippen LogP contribution in [0.3, 0.4) is 0 Å². The normalized spacial score (nSPS) is 12.3. The Labute approximate surface area is 49.5 Å². The second-order valence-electron chi connectivity index (χ2n) is 1.48. The maximum Gasteiger partial charge on any atom is 0.0587 e. The van der Waals surface area contributed by atoms with Crippen molar-refractivity contribution in [1.82, 2.24) is 0 Å². The van der Waals surface area contributed by atoms with Gasteiger partial charge in [0.2, 0.25) is 0 Å². The zero-order chi connectivity index (χ0) is 5.70. The van der Waals surface area contributed by atoms with E-state index in [2.05, 4.69) is 29.3 Å². The van der Waals surface area contributed by atoms with Crippen LogP contribution in [0.5, 0.6) is 0 Å². The summed E-state index contributed by atoms with van der Waals surface area (Å²) in [4.78, 5) is 3.81. The lowest BCUT2D eigenvalue weighted by molar-refractivity contribution is 0.722. The standard InChI is InChI=1S/C5H9NS/c1-3-5(2)6-4-7/h5H,3H2,1-2H3. The highest BCUT2D eigenvalue weighted by Gasteiger charge is 1.87. The van der Waals surface area contributed by atoms with Crippen molar-refractivity contribution in [3.8, 4) is 0 Å². The summed E-state index contributed by atoms with van der Waals surface area (Å²) in [5.74, 6) is 0. The molecule has 0 aliphatic rings. The van der Waals surface area contributed by atoms with Crippen LogP contribution in [0.2, 0.25) is 0 Å². The van der Waals surface area contributed by atoms with Crippen LogP contribution in [-0.4, -0.2) is 11.2 Å². The SMILES string of the molecule is CCC(C)N=C=S. The summed E-state index contributed by atoms with van der Waals surface area (Å²) >= 11 is 4.38. The van der Waals surface area contributed by atoms with Crippen LogP contribution < -0.4 is 0 Å².